The SMILES string of the molecule is Clc1cccc2cnc(C3CCCNC3)nc12. The highest BCUT2D eigenvalue weighted by Crippen LogP contribution is 2.25. The molecule has 1 fully saturated rings. The molecular formula is C13H14ClN3. The van der Waals surface area contributed by atoms with Crippen LogP contribution in [0.15, 0.2) is 24.4 Å². The van der Waals surface area contributed by atoms with E-state index in [2.05, 4.69) is 15.3 Å². The van der Waals surface area contributed by atoms with Crippen LogP contribution in [-0.4, -0.2) is 23.1 Å². The van der Waals surface area contributed by atoms with Crippen LogP contribution in [0.3, 0.4) is 0 Å². The van der Waals surface area contributed by atoms with Crippen LogP contribution >= 0.6 is 11.6 Å². The molecule has 17 heavy (non-hydrogen) atoms. The van der Waals surface area contributed by atoms with Gasteiger partial charge in [0.15, 0.2) is 0 Å². The Bertz CT molecular complexity index is 535. The monoisotopic (exact) mass is 247 g/mol. The fraction of sp³-hybridized carbons (Fsp3) is 0.385. The molecule has 3 nitrogen and oxygen atoms in total. The molecule has 3 rings (SSSR count). The first kappa shape index (κ1) is 10.9. The van der Waals surface area contributed by atoms with Gasteiger partial charge in [-0.15, -0.1) is 0 Å². The van der Waals surface area contributed by atoms with Gasteiger partial charge in [0.05, 0.1) is 10.5 Å². The Kier molecular flexibility index (Phi) is 2.95. The molecule has 1 N–H and O–H groups in total. The zero-order valence-electron chi connectivity index (χ0n) is 9.49. The molecule has 0 aliphatic carbocycles. The van der Waals surface area contributed by atoms with Gasteiger partial charge in [-0.1, -0.05) is 23.7 Å². The van der Waals surface area contributed by atoms with Gasteiger partial charge in [-0.05, 0) is 25.5 Å². The lowest BCUT2D eigenvalue weighted by Crippen LogP contribution is -2.29. The lowest BCUT2D eigenvalue weighted by molar-refractivity contribution is 0.447. The lowest BCUT2D eigenvalue weighted by Gasteiger charge is -2.21. The van der Waals surface area contributed by atoms with E-state index in [0.717, 1.165) is 36.2 Å². The van der Waals surface area contributed by atoms with Crippen LogP contribution in [0, 0.1) is 0 Å². The number of rotatable bonds is 1. The maximum atomic E-state index is 6.16. The number of benzene rings is 1. The van der Waals surface area contributed by atoms with Gasteiger partial charge in [0.1, 0.15) is 5.82 Å². The predicted molar refractivity (Wildman–Crippen MR) is 69.4 cm³/mol. The van der Waals surface area contributed by atoms with Gasteiger partial charge in [-0.2, -0.15) is 0 Å². The molecule has 1 aromatic heterocycles. The molecule has 4 heteroatoms. The second-order valence-electron chi connectivity index (χ2n) is 4.45. The summed E-state index contributed by atoms with van der Waals surface area (Å²) in [6.07, 6.45) is 4.22. The first-order valence-corrected chi connectivity index (χ1v) is 6.34. The molecule has 2 aromatic rings. The maximum absolute atomic E-state index is 6.16. The van der Waals surface area contributed by atoms with Crippen molar-refractivity contribution in [2.45, 2.75) is 18.8 Å². The fourth-order valence-electron chi connectivity index (χ4n) is 2.30. The number of halogens is 1. The Hall–Kier alpha value is -1.19. The van der Waals surface area contributed by atoms with Crippen molar-refractivity contribution in [2.75, 3.05) is 13.1 Å². The molecule has 1 aromatic carbocycles. The lowest BCUT2D eigenvalue weighted by atomic mass is 9.99. The highest BCUT2D eigenvalue weighted by Gasteiger charge is 2.18. The number of fused-ring (bicyclic) bond motifs is 1. The third-order valence-corrected chi connectivity index (χ3v) is 3.55. The third kappa shape index (κ3) is 2.13. The van der Waals surface area contributed by atoms with E-state index in [0.29, 0.717) is 10.9 Å². The largest absolute Gasteiger partial charge is 0.316 e. The smallest absolute Gasteiger partial charge is 0.133 e. The molecule has 88 valence electrons. The van der Waals surface area contributed by atoms with Crippen LogP contribution in [0.1, 0.15) is 24.6 Å². The minimum absolute atomic E-state index is 0.421. The molecule has 1 unspecified atom stereocenters. The van der Waals surface area contributed by atoms with Gasteiger partial charge < -0.3 is 5.32 Å². The standard InChI is InChI=1S/C13H14ClN3/c14-11-5-1-3-9-8-16-13(17-12(9)11)10-4-2-6-15-7-10/h1,3,5,8,10,15H,2,4,6-7H2. The summed E-state index contributed by atoms with van der Waals surface area (Å²) in [5.74, 6) is 1.34. The van der Waals surface area contributed by atoms with Crippen molar-refractivity contribution >= 4 is 22.5 Å². The normalized spacial score (nSPS) is 20.6. The third-order valence-electron chi connectivity index (χ3n) is 3.24. The summed E-state index contributed by atoms with van der Waals surface area (Å²) in [5.41, 5.74) is 0.866. The van der Waals surface area contributed by atoms with Crippen molar-refractivity contribution in [1.82, 2.24) is 15.3 Å². The van der Waals surface area contributed by atoms with E-state index in [9.17, 15) is 0 Å². The Morgan fingerprint density at radius 1 is 1.35 bits per heavy atom. The Morgan fingerprint density at radius 3 is 3.12 bits per heavy atom. The van der Waals surface area contributed by atoms with Crippen molar-refractivity contribution in [2.24, 2.45) is 0 Å². The topological polar surface area (TPSA) is 37.8 Å². The number of para-hydroxylation sites is 1. The molecule has 2 heterocycles. The average Bonchev–Trinajstić information content (AvgIpc) is 2.40. The highest BCUT2D eigenvalue weighted by atomic mass is 35.5. The molecule has 1 aliphatic rings. The molecule has 1 aliphatic heterocycles. The van der Waals surface area contributed by atoms with Crippen LogP contribution in [0.5, 0.6) is 0 Å². The predicted octanol–water partition coefficient (Wildman–Crippen LogP) is 2.75. The minimum atomic E-state index is 0.421. The van der Waals surface area contributed by atoms with Crippen molar-refractivity contribution in [1.29, 1.82) is 0 Å². The number of aromatic nitrogens is 2. The summed E-state index contributed by atoms with van der Waals surface area (Å²) in [7, 11) is 0. The van der Waals surface area contributed by atoms with Crippen molar-refractivity contribution in [3.8, 4) is 0 Å². The van der Waals surface area contributed by atoms with Crippen LogP contribution in [0.4, 0.5) is 0 Å². The van der Waals surface area contributed by atoms with Crippen LogP contribution in [0.25, 0.3) is 10.9 Å². The summed E-state index contributed by atoms with van der Waals surface area (Å²) < 4.78 is 0. The second-order valence-corrected chi connectivity index (χ2v) is 4.86. The summed E-state index contributed by atoms with van der Waals surface area (Å²) in [4.78, 5) is 9.08. The van der Waals surface area contributed by atoms with E-state index in [1.54, 1.807) is 0 Å². The fourth-order valence-corrected chi connectivity index (χ4v) is 2.53. The Balaban J connectivity index is 2.03. The summed E-state index contributed by atoms with van der Waals surface area (Å²) in [5, 5.41) is 5.09. The summed E-state index contributed by atoms with van der Waals surface area (Å²) >= 11 is 6.16. The highest BCUT2D eigenvalue weighted by molar-refractivity contribution is 6.34. The number of nitrogens with one attached hydrogen (secondary N) is 1. The van der Waals surface area contributed by atoms with E-state index < -0.39 is 0 Å². The number of piperidine rings is 1. The van der Waals surface area contributed by atoms with E-state index in [4.69, 9.17) is 11.6 Å². The second kappa shape index (κ2) is 4.59. The first-order valence-electron chi connectivity index (χ1n) is 5.96. The van der Waals surface area contributed by atoms with E-state index >= 15 is 0 Å². The van der Waals surface area contributed by atoms with E-state index in [1.165, 1.54) is 6.42 Å². The molecular weight excluding hydrogens is 234 g/mol. The zero-order valence-corrected chi connectivity index (χ0v) is 10.2. The first-order chi connectivity index (χ1) is 8.34. The number of hydrogen-bond acceptors (Lipinski definition) is 3. The molecule has 1 atom stereocenters. The van der Waals surface area contributed by atoms with E-state index in [-0.39, 0.29) is 0 Å². The molecule has 0 spiro atoms. The van der Waals surface area contributed by atoms with Gasteiger partial charge in [-0.25, -0.2) is 9.97 Å². The number of hydrogen-bond donors (Lipinski definition) is 1. The number of nitrogens with zero attached hydrogens (tertiary/aromatic N) is 2. The van der Waals surface area contributed by atoms with Crippen LogP contribution < -0.4 is 5.32 Å². The maximum Gasteiger partial charge on any atom is 0.133 e. The minimum Gasteiger partial charge on any atom is -0.316 e. The average molecular weight is 248 g/mol. The molecule has 0 saturated carbocycles. The van der Waals surface area contributed by atoms with Crippen molar-refractivity contribution in [3.63, 3.8) is 0 Å². The van der Waals surface area contributed by atoms with Crippen LogP contribution in [-0.2, 0) is 0 Å². The molecule has 1 saturated heterocycles. The quantitative estimate of drug-likeness (QED) is 0.842. The van der Waals surface area contributed by atoms with Gasteiger partial charge in [0, 0.05) is 24.0 Å². The molecule has 0 amide bonds. The van der Waals surface area contributed by atoms with Gasteiger partial charge in [0.2, 0.25) is 0 Å². The Labute approximate surface area is 105 Å². The molecule has 0 radical (unpaired) electrons. The van der Waals surface area contributed by atoms with Gasteiger partial charge in [0.25, 0.3) is 0 Å². The van der Waals surface area contributed by atoms with Gasteiger partial charge >= 0.3 is 0 Å². The summed E-state index contributed by atoms with van der Waals surface area (Å²) in [6.45, 7) is 2.07. The Morgan fingerprint density at radius 2 is 2.29 bits per heavy atom. The zero-order chi connectivity index (χ0) is 11.7. The summed E-state index contributed by atoms with van der Waals surface area (Å²) in [6, 6.07) is 5.79. The van der Waals surface area contributed by atoms with E-state index in [1.807, 2.05) is 24.4 Å². The van der Waals surface area contributed by atoms with Crippen LogP contribution in [0.2, 0.25) is 5.02 Å². The molecule has 0 bridgehead atoms. The van der Waals surface area contributed by atoms with Crippen molar-refractivity contribution < 1.29 is 0 Å². The van der Waals surface area contributed by atoms with Gasteiger partial charge in [-0.3, -0.25) is 0 Å². The van der Waals surface area contributed by atoms with Crippen molar-refractivity contribution in [3.05, 3.63) is 35.2 Å².